The zero-order chi connectivity index (χ0) is 10.2. The molecule has 0 fully saturated rings. The van der Waals surface area contributed by atoms with Gasteiger partial charge in [0.15, 0.2) is 0 Å². The first kappa shape index (κ1) is 11.2. The highest BCUT2D eigenvalue weighted by atomic mass is 32.2. The van der Waals surface area contributed by atoms with E-state index in [1.54, 1.807) is 11.8 Å². The summed E-state index contributed by atoms with van der Waals surface area (Å²) < 4.78 is 0. The summed E-state index contributed by atoms with van der Waals surface area (Å²) in [6.07, 6.45) is 5.11. The van der Waals surface area contributed by atoms with Gasteiger partial charge >= 0.3 is 0 Å². The van der Waals surface area contributed by atoms with E-state index < -0.39 is 0 Å². The van der Waals surface area contributed by atoms with Gasteiger partial charge in [-0.1, -0.05) is 19.1 Å². The van der Waals surface area contributed by atoms with Crippen LogP contribution in [0.2, 0.25) is 0 Å². The Morgan fingerprint density at radius 1 is 1.14 bits per heavy atom. The second-order valence-corrected chi connectivity index (χ2v) is 3.93. The molecule has 0 bridgehead atoms. The van der Waals surface area contributed by atoms with Gasteiger partial charge in [0.2, 0.25) is 0 Å². The minimum Gasteiger partial charge on any atom is -0.130 e. The van der Waals surface area contributed by atoms with Gasteiger partial charge in [-0.2, -0.15) is 0 Å². The van der Waals surface area contributed by atoms with E-state index >= 15 is 0 Å². The summed E-state index contributed by atoms with van der Waals surface area (Å²) in [6.45, 7) is 2.08. The molecule has 0 aromatic heterocycles. The van der Waals surface area contributed by atoms with E-state index in [2.05, 4.69) is 49.3 Å². The molecule has 0 aliphatic carbocycles. The Morgan fingerprint density at radius 2 is 1.86 bits per heavy atom. The van der Waals surface area contributed by atoms with Crippen molar-refractivity contribution >= 4 is 11.8 Å². The van der Waals surface area contributed by atoms with Crippen LogP contribution in [0.15, 0.2) is 29.2 Å². The first-order valence-corrected chi connectivity index (χ1v) is 6.18. The van der Waals surface area contributed by atoms with E-state index in [0.717, 1.165) is 19.3 Å². The molecule has 0 saturated heterocycles. The third kappa shape index (κ3) is 3.89. The molecule has 0 nitrogen and oxygen atoms in total. The minimum absolute atomic E-state index is 0.964. The standard InChI is InChI=1S/C13H16S/c1-3-4-5-6-7-12-8-10-13(14-2)11-9-12/h8-11H,3,6-7H2,1-2H3. The number of rotatable bonds is 3. The molecule has 0 N–H and O–H groups in total. The maximum atomic E-state index is 3.16. The van der Waals surface area contributed by atoms with Gasteiger partial charge in [0.05, 0.1) is 0 Å². The highest BCUT2D eigenvalue weighted by Crippen LogP contribution is 2.15. The molecule has 1 heteroatoms. The Bertz CT molecular complexity index is 313. The van der Waals surface area contributed by atoms with Crippen LogP contribution in [0.25, 0.3) is 0 Å². The van der Waals surface area contributed by atoms with Crippen LogP contribution in [-0.4, -0.2) is 6.26 Å². The molecule has 0 amide bonds. The van der Waals surface area contributed by atoms with Crippen LogP contribution < -0.4 is 0 Å². The van der Waals surface area contributed by atoms with E-state index in [0.29, 0.717) is 0 Å². The van der Waals surface area contributed by atoms with Crippen LogP contribution >= 0.6 is 11.8 Å². The second-order valence-electron chi connectivity index (χ2n) is 3.06. The van der Waals surface area contributed by atoms with Crippen LogP contribution in [0.1, 0.15) is 25.3 Å². The highest BCUT2D eigenvalue weighted by molar-refractivity contribution is 7.98. The Hall–Kier alpha value is -0.870. The molecular formula is C13H16S. The van der Waals surface area contributed by atoms with Gasteiger partial charge in [-0.15, -0.1) is 23.6 Å². The van der Waals surface area contributed by atoms with Crippen molar-refractivity contribution in [3.05, 3.63) is 29.8 Å². The third-order valence-corrected chi connectivity index (χ3v) is 2.74. The average Bonchev–Trinajstić information content (AvgIpc) is 2.25. The van der Waals surface area contributed by atoms with Crippen molar-refractivity contribution in [1.82, 2.24) is 0 Å². The summed E-state index contributed by atoms with van der Waals surface area (Å²) in [5.74, 6) is 6.24. The van der Waals surface area contributed by atoms with Crippen molar-refractivity contribution < 1.29 is 0 Å². The maximum absolute atomic E-state index is 3.16. The van der Waals surface area contributed by atoms with Gasteiger partial charge in [0.25, 0.3) is 0 Å². The Labute approximate surface area is 91.1 Å². The SMILES string of the molecule is CCC#CCCc1ccc(SC)cc1. The Morgan fingerprint density at radius 3 is 2.43 bits per heavy atom. The summed E-state index contributed by atoms with van der Waals surface area (Å²) in [6, 6.07) is 8.74. The smallest absolute Gasteiger partial charge is 0.0129 e. The monoisotopic (exact) mass is 204 g/mol. The number of benzene rings is 1. The fourth-order valence-corrected chi connectivity index (χ4v) is 1.62. The number of aryl methyl sites for hydroxylation is 1. The van der Waals surface area contributed by atoms with Crippen LogP contribution in [0.4, 0.5) is 0 Å². The fourth-order valence-electron chi connectivity index (χ4n) is 1.21. The molecule has 0 aliphatic rings. The van der Waals surface area contributed by atoms with E-state index in [1.807, 2.05) is 0 Å². The molecule has 14 heavy (non-hydrogen) atoms. The lowest BCUT2D eigenvalue weighted by atomic mass is 10.1. The van der Waals surface area contributed by atoms with E-state index in [1.165, 1.54) is 10.5 Å². The van der Waals surface area contributed by atoms with Crippen LogP contribution in [-0.2, 0) is 6.42 Å². The first-order valence-electron chi connectivity index (χ1n) is 4.95. The number of hydrogen-bond donors (Lipinski definition) is 0. The quantitative estimate of drug-likeness (QED) is 0.533. The molecule has 1 aromatic carbocycles. The topological polar surface area (TPSA) is 0 Å². The summed E-state index contributed by atoms with van der Waals surface area (Å²) >= 11 is 1.78. The van der Waals surface area contributed by atoms with Gasteiger partial charge in [-0.3, -0.25) is 0 Å². The normalized spacial score (nSPS) is 9.29. The van der Waals surface area contributed by atoms with Gasteiger partial charge in [0, 0.05) is 17.7 Å². The summed E-state index contributed by atoms with van der Waals surface area (Å²) in [5, 5.41) is 0. The zero-order valence-electron chi connectivity index (χ0n) is 8.84. The molecule has 0 heterocycles. The largest absolute Gasteiger partial charge is 0.130 e. The molecule has 0 radical (unpaired) electrons. The molecule has 0 saturated carbocycles. The van der Waals surface area contributed by atoms with Gasteiger partial charge < -0.3 is 0 Å². The van der Waals surface area contributed by atoms with Crippen molar-refractivity contribution in [2.24, 2.45) is 0 Å². The average molecular weight is 204 g/mol. The molecule has 0 aliphatic heterocycles. The number of hydrogen-bond acceptors (Lipinski definition) is 1. The lowest BCUT2D eigenvalue weighted by molar-refractivity contribution is 1.02. The van der Waals surface area contributed by atoms with Gasteiger partial charge in [-0.25, -0.2) is 0 Å². The summed E-state index contributed by atoms with van der Waals surface area (Å²) in [7, 11) is 0. The third-order valence-electron chi connectivity index (χ3n) is 2.00. The minimum atomic E-state index is 0.964. The molecule has 0 atom stereocenters. The maximum Gasteiger partial charge on any atom is 0.0129 e. The Kier molecular flexibility index (Phi) is 5.25. The van der Waals surface area contributed by atoms with Gasteiger partial charge in [0.1, 0.15) is 0 Å². The lowest BCUT2D eigenvalue weighted by Gasteiger charge is -1.99. The predicted octanol–water partition coefficient (Wildman–Crippen LogP) is 3.75. The molecule has 0 spiro atoms. The molecule has 1 aromatic rings. The summed E-state index contributed by atoms with van der Waals surface area (Å²) in [5.41, 5.74) is 1.38. The molecule has 0 unspecified atom stereocenters. The van der Waals surface area contributed by atoms with E-state index in [-0.39, 0.29) is 0 Å². The fraction of sp³-hybridized carbons (Fsp3) is 0.385. The molecule has 74 valence electrons. The van der Waals surface area contributed by atoms with Crippen molar-refractivity contribution in [3.63, 3.8) is 0 Å². The first-order chi connectivity index (χ1) is 6.86. The van der Waals surface area contributed by atoms with Crippen LogP contribution in [0.5, 0.6) is 0 Å². The van der Waals surface area contributed by atoms with Crippen LogP contribution in [0, 0.1) is 11.8 Å². The second kappa shape index (κ2) is 6.56. The zero-order valence-corrected chi connectivity index (χ0v) is 9.66. The van der Waals surface area contributed by atoms with Crippen molar-refractivity contribution in [2.75, 3.05) is 6.26 Å². The molecule has 1 rings (SSSR count). The van der Waals surface area contributed by atoms with E-state index in [9.17, 15) is 0 Å². The number of thioether (sulfide) groups is 1. The van der Waals surface area contributed by atoms with Crippen molar-refractivity contribution in [1.29, 1.82) is 0 Å². The molecular weight excluding hydrogens is 188 g/mol. The van der Waals surface area contributed by atoms with Gasteiger partial charge in [-0.05, 0) is 30.4 Å². The predicted molar refractivity (Wildman–Crippen MR) is 64.6 cm³/mol. The van der Waals surface area contributed by atoms with Crippen LogP contribution in [0.3, 0.4) is 0 Å². The Balaban J connectivity index is 2.43. The van der Waals surface area contributed by atoms with Crippen molar-refractivity contribution in [3.8, 4) is 11.8 Å². The van der Waals surface area contributed by atoms with E-state index in [4.69, 9.17) is 0 Å². The van der Waals surface area contributed by atoms with Crippen molar-refractivity contribution in [2.45, 2.75) is 31.1 Å². The highest BCUT2D eigenvalue weighted by Gasteiger charge is 1.92. The lowest BCUT2D eigenvalue weighted by Crippen LogP contribution is -1.82. The summed E-state index contributed by atoms with van der Waals surface area (Å²) in [4.78, 5) is 1.33.